The zero-order valence-corrected chi connectivity index (χ0v) is 9.23. The molecule has 2 rings (SSSR count). The number of carboxylic acids is 1. The van der Waals surface area contributed by atoms with E-state index in [0.717, 1.165) is 4.57 Å². The third kappa shape index (κ3) is 1.78. The van der Waals surface area contributed by atoms with Crippen LogP contribution in [0, 0.1) is 0 Å². The number of carbonyl (C=O) groups is 1. The van der Waals surface area contributed by atoms with Gasteiger partial charge >= 0.3 is 11.7 Å². The SMILES string of the molecule is Nc1[nH]c(=O)n(-c2ccccc2Cl)c1C(=O)O. The molecule has 0 saturated heterocycles. The molecule has 0 amide bonds. The quantitative estimate of drug-likeness (QED) is 0.746. The molecular weight excluding hydrogens is 246 g/mol. The van der Waals surface area contributed by atoms with Gasteiger partial charge in [-0.15, -0.1) is 0 Å². The molecule has 0 radical (unpaired) electrons. The summed E-state index contributed by atoms with van der Waals surface area (Å²) in [7, 11) is 0. The van der Waals surface area contributed by atoms with Gasteiger partial charge in [-0.1, -0.05) is 23.7 Å². The number of imidazole rings is 1. The number of nitrogens with one attached hydrogen (secondary N) is 1. The van der Waals surface area contributed by atoms with Crippen molar-refractivity contribution in [2.75, 3.05) is 5.73 Å². The number of aromatic carboxylic acids is 1. The zero-order valence-electron chi connectivity index (χ0n) is 8.48. The van der Waals surface area contributed by atoms with Gasteiger partial charge in [0.05, 0.1) is 10.7 Å². The molecule has 0 aliphatic rings. The molecule has 0 aliphatic heterocycles. The van der Waals surface area contributed by atoms with Crippen LogP contribution in [0.4, 0.5) is 5.82 Å². The first-order valence-corrected chi connectivity index (χ1v) is 4.99. The van der Waals surface area contributed by atoms with Gasteiger partial charge < -0.3 is 10.8 Å². The van der Waals surface area contributed by atoms with Gasteiger partial charge in [0.15, 0.2) is 5.69 Å². The van der Waals surface area contributed by atoms with E-state index in [2.05, 4.69) is 4.98 Å². The topological polar surface area (TPSA) is 101 Å². The smallest absolute Gasteiger partial charge is 0.356 e. The fourth-order valence-corrected chi connectivity index (χ4v) is 1.75. The molecule has 0 atom stereocenters. The number of nitrogen functional groups attached to an aromatic ring is 1. The number of halogens is 1. The van der Waals surface area contributed by atoms with Crippen LogP contribution in [0.2, 0.25) is 5.02 Å². The Kier molecular flexibility index (Phi) is 2.64. The van der Waals surface area contributed by atoms with Gasteiger partial charge in [0, 0.05) is 0 Å². The number of para-hydroxylation sites is 1. The largest absolute Gasteiger partial charge is 0.476 e. The highest BCUT2D eigenvalue weighted by Crippen LogP contribution is 2.21. The summed E-state index contributed by atoms with van der Waals surface area (Å²) >= 11 is 5.91. The fraction of sp³-hybridized carbons (Fsp3) is 0. The van der Waals surface area contributed by atoms with Gasteiger partial charge in [-0.25, -0.2) is 9.59 Å². The van der Waals surface area contributed by atoms with Crippen LogP contribution in [0.5, 0.6) is 0 Å². The lowest BCUT2D eigenvalue weighted by Gasteiger charge is -2.06. The van der Waals surface area contributed by atoms with Crippen molar-refractivity contribution < 1.29 is 9.90 Å². The molecule has 1 heterocycles. The summed E-state index contributed by atoms with van der Waals surface area (Å²) < 4.78 is 0.931. The van der Waals surface area contributed by atoms with E-state index in [1.54, 1.807) is 18.2 Å². The van der Waals surface area contributed by atoms with Gasteiger partial charge in [0.25, 0.3) is 0 Å². The minimum atomic E-state index is -1.30. The number of aromatic nitrogens is 2. The molecule has 1 aromatic heterocycles. The van der Waals surface area contributed by atoms with Crippen LogP contribution in [-0.2, 0) is 0 Å². The van der Waals surface area contributed by atoms with E-state index in [4.69, 9.17) is 22.4 Å². The van der Waals surface area contributed by atoms with E-state index in [1.165, 1.54) is 6.07 Å². The molecule has 17 heavy (non-hydrogen) atoms. The molecule has 0 unspecified atom stereocenters. The number of nitrogens with two attached hydrogens (primary N) is 1. The zero-order chi connectivity index (χ0) is 12.6. The standard InChI is InChI=1S/C10H8ClN3O3/c11-5-3-1-2-4-6(5)14-7(9(15)16)8(12)13-10(14)17/h1-4H,12H2,(H,13,17)(H,15,16). The normalized spacial score (nSPS) is 10.4. The second-order valence-electron chi connectivity index (χ2n) is 3.28. The number of H-pyrrole nitrogens is 1. The molecule has 0 fully saturated rings. The van der Waals surface area contributed by atoms with Crippen LogP contribution >= 0.6 is 11.6 Å². The lowest BCUT2D eigenvalue weighted by atomic mass is 10.3. The maximum Gasteiger partial charge on any atom is 0.356 e. The minimum Gasteiger partial charge on any atom is -0.476 e. The van der Waals surface area contributed by atoms with Crippen molar-refractivity contribution >= 4 is 23.4 Å². The Morgan fingerprint density at radius 2 is 2.06 bits per heavy atom. The number of nitrogens with zero attached hydrogens (tertiary/aromatic N) is 1. The van der Waals surface area contributed by atoms with Gasteiger partial charge in [0.1, 0.15) is 5.82 Å². The van der Waals surface area contributed by atoms with Gasteiger partial charge in [-0.05, 0) is 12.1 Å². The summed E-state index contributed by atoms with van der Waals surface area (Å²) in [4.78, 5) is 24.9. The molecule has 0 spiro atoms. The van der Waals surface area contributed by atoms with Crippen LogP contribution in [-0.4, -0.2) is 20.6 Å². The summed E-state index contributed by atoms with van der Waals surface area (Å²) in [5.74, 6) is -1.51. The first-order chi connectivity index (χ1) is 8.02. The van der Waals surface area contributed by atoms with Crippen molar-refractivity contribution in [1.82, 2.24) is 9.55 Å². The molecular formula is C10H8ClN3O3. The maximum atomic E-state index is 11.6. The lowest BCUT2D eigenvalue weighted by Crippen LogP contribution is -2.19. The van der Waals surface area contributed by atoms with Gasteiger partial charge in [0.2, 0.25) is 0 Å². The first kappa shape index (κ1) is 11.3. The second kappa shape index (κ2) is 3.99. The van der Waals surface area contributed by atoms with E-state index in [1.807, 2.05) is 0 Å². The van der Waals surface area contributed by atoms with Crippen molar-refractivity contribution in [2.24, 2.45) is 0 Å². The van der Waals surface area contributed by atoms with Crippen molar-refractivity contribution in [3.8, 4) is 5.69 Å². The summed E-state index contributed by atoms with van der Waals surface area (Å²) in [6.07, 6.45) is 0. The molecule has 0 saturated carbocycles. The van der Waals surface area contributed by atoms with E-state index in [9.17, 15) is 9.59 Å². The Morgan fingerprint density at radius 3 is 2.65 bits per heavy atom. The van der Waals surface area contributed by atoms with Crippen LogP contribution in [0.25, 0.3) is 5.69 Å². The van der Waals surface area contributed by atoms with Gasteiger partial charge in [-0.2, -0.15) is 0 Å². The number of hydrogen-bond acceptors (Lipinski definition) is 3. The Morgan fingerprint density at radius 1 is 1.41 bits per heavy atom. The number of aromatic amines is 1. The van der Waals surface area contributed by atoms with Gasteiger partial charge in [-0.3, -0.25) is 9.55 Å². The lowest BCUT2D eigenvalue weighted by molar-refractivity contribution is 0.0689. The van der Waals surface area contributed by atoms with Crippen molar-refractivity contribution in [1.29, 1.82) is 0 Å². The fourth-order valence-electron chi connectivity index (χ4n) is 1.53. The highest BCUT2D eigenvalue weighted by atomic mass is 35.5. The highest BCUT2D eigenvalue weighted by Gasteiger charge is 2.20. The van der Waals surface area contributed by atoms with E-state index < -0.39 is 11.7 Å². The monoisotopic (exact) mass is 253 g/mol. The molecule has 0 bridgehead atoms. The Labute approximate surface area is 100 Å². The summed E-state index contributed by atoms with van der Waals surface area (Å²) in [5.41, 5.74) is 4.72. The summed E-state index contributed by atoms with van der Waals surface area (Å²) in [5, 5.41) is 9.27. The van der Waals surface area contributed by atoms with Crippen LogP contribution in [0.1, 0.15) is 10.5 Å². The third-order valence-corrected chi connectivity index (χ3v) is 2.54. The predicted octanol–water partition coefficient (Wildman–Crippen LogP) is 1.10. The average molecular weight is 254 g/mol. The molecule has 2 aromatic rings. The number of rotatable bonds is 2. The molecule has 6 nitrogen and oxygen atoms in total. The Balaban J connectivity index is 2.81. The maximum absolute atomic E-state index is 11.6. The van der Waals surface area contributed by atoms with E-state index in [-0.39, 0.29) is 22.2 Å². The second-order valence-corrected chi connectivity index (χ2v) is 3.69. The van der Waals surface area contributed by atoms with Crippen molar-refractivity contribution in [2.45, 2.75) is 0 Å². The van der Waals surface area contributed by atoms with E-state index in [0.29, 0.717) is 0 Å². The highest BCUT2D eigenvalue weighted by molar-refractivity contribution is 6.32. The summed E-state index contributed by atoms with van der Waals surface area (Å²) in [6.45, 7) is 0. The van der Waals surface area contributed by atoms with Crippen LogP contribution < -0.4 is 11.4 Å². The number of benzene rings is 1. The van der Waals surface area contributed by atoms with Crippen LogP contribution in [0.15, 0.2) is 29.1 Å². The Hall–Kier alpha value is -2.21. The third-order valence-electron chi connectivity index (χ3n) is 2.22. The number of anilines is 1. The average Bonchev–Trinajstić information content (AvgIpc) is 2.54. The van der Waals surface area contributed by atoms with E-state index >= 15 is 0 Å². The van der Waals surface area contributed by atoms with Crippen LogP contribution in [0.3, 0.4) is 0 Å². The summed E-state index contributed by atoms with van der Waals surface area (Å²) in [6, 6.07) is 6.40. The Bertz CT molecular complexity index is 644. The number of hydrogen-bond donors (Lipinski definition) is 3. The predicted molar refractivity (Wildman–Crippen MR) is 62.8 cm³/mol. The minimum absolute atomic E-state index is 0.206. The first-order valence-electron chi connectivity index (χ1n) is 4.61. The molecule has 4 N–H and O–H groups in total. The molecule has 88 valence electrons. The van der Waals surface area contributed by atoms with Crippen molar-refractivity contribution in [3.63, 3.8) is 0 Å². The molecule has 7 heteroatoms. The van der Waals surface area contributed by atoms with Crippen molar-refractivity contribution in [3.05, 3.63) is 45.5 Å². The molecule has 0 aliphatic carbocycles. The number of carboxylic acid groups (broad SMARTS) is 1. The molecule has 1 aromatic carbocycles.